The molecule has 1 N–H and O–H groups in total. The van der Waals surface area contributed by atoms with Gasteiger partial charge in [0.2, 0.25) is 0 Å². The van der Waals surface area contributed by atoms with E-state index in [0.717, 1.165) is 57.8 Å². The fraction of sp³-hybridized carbons (Fsp3) is 0.207. The second-order valence-electron chi connectivity index (χ2n) is 9.75. The van der Waals surface area contributed by atoms with Crippen LogP contribution in [0.3, 0.4) is 0 Å². The van der Waals surface area contributed by atoms with Gasteiger partial charge in [-0.05, 0) is 75.5 Å². The number of rotatable bonds is 7. The van der Waals surface area contributed by atoms with Gasteiger partial charge in [-0.3, -0.25) is 4.79 Å². The molecule has 0 atom stereocenters. The van der Waals surface area contributed by atoms with Crippen LogP contribution >= 0.6 is 12.4 Å². The number of aromatic nitrogens is 5. The van der Waals surface area contributed by atoms with Crippen molar-refractivity contribution in [3.8, 4) is 11.5 Å². The number of pyridine rings is 1. The van der Waals surface area contributed by atoms with E-state index in [-0.39, 0.29) is 18.3 Å². The van der Waals surface area contributed by atoms with Crippen molar-refractivity contribution in [3.05, 3.63) is 84.6 Å². The van der Waals surface area contributed by atoms with Crippen molar-refractivity contribution >= 4 is 52.1 Å². The Morgan fingerprint density at radius 2 is 1.93 bits per heavy atom. The number of ether oxygens (including phenoxy) is 1. The molecule has 0 radical (unpaired) electrons. The first kappa shape index (κ1) is 27.0. The number of halogens is 1. The number of amides is 1. The van der Waals surface area contributed by atoms with Crippen molar-refractivity contribution in [2.24, 2.45) is 0 Å². The lowest BCUT2D eigenvalue weighted by atomic mass is 10.1. The highest BCUT2D eigenvalue weighted by molar-refractivity contribution is 6.09. The maximum Gasteiger partial charge on any atom is 0.253 e. The second kappa shape index (κ2) is 11.3. The van der Waals surface area contributed by atoms with Crippen LogP contribution in [0.25, 0.3) is 16.6 Å². The van der Waals surface area contributed by atoms with Gasteiger partial charge >= 0.3 is 0 Å². The van der Waals surface area contributed by atoms with Gasteiger partial charge in [0.15, 0.2) is 5.65 Å². The number of hydrogen-bond acceptors (Lipinski definition) is 8. The molecule has 1 fully saturated rings. The van der Waals surface area contributed by atoms with Crippen LogP contribution in [-0.4, -0.2) is 62.6 Å². The topological polar surface area (TPSA) is 101 Å². The Morgan fingerprint density at radius 3 is 2.75 bits per heavy atom. The molecule has 0 bridgehead atoms. The molecule has 6 rings (SSSR count). The van der Waals surface area contributed by atoms with Gasteiger partial charge in [0.05, 0.1) is 5.52 Å². The van der Waals surface area contributed by atoms with Gasteiger partial charge in [0.25, 0.3) is 5.91 Å². The number of carbonyl (C=O) groups is 1. The Morgan fingerprint density at radius 1 is 1.05 bits per heavy atom. The van der Waals surface area contributed by atoms with Crippen molar-refractivity contribution in [1.29, 1.82) is 0 Å². The highest BCUT2D eigenvalue weighted by Gasteiger charge is 2.27. The third kappa shape index (κ3) is 5.45. The Hall–Kier alpha value is -4.54. The monoisotopic (exact) mass is 556 g/mol. The van der Waals surface area contributed by atoms with Gasteiger partial charge in [-0.25, -0.2) is 19.5 Å². The number of likely N-dealkylation sites (N-methyl/N-ethyl adjacent to an activating group) is 1. The number of nitrogens with one attached hydrogen (secondary N) is 1. The minimum absolute atomic E-state index is 0. The van der Waals surface area contributed by atoms with Gasteiger partial charge < -0.3 is 19.9 Å². The summed E-state index contributed by atoms with van der Waals surface area (Å²) >= 11 is 0. The third-order valence-electron chi connectivity index (χ3n) is 6.68. The highest BCUT2D eigenvalue weighted by atomic mass is 35.5. The zero-order valence-corrected chi connectivity index (χ0v) is 23.2. The van der Waals surface area contributed by atoms with Crippen molar-refractivity contribution in [2.45, 2.75) is 13.3 Å². The third-order valence-corrected chi connectivity index (χ3v) is 6.68. The van der Waals surface area contributed by atoms with Crippen LogP contribution in [0.1, 0.15) is 12.0 Å². The van der Waals surface area contributed by atoms with Crippen molar-refractivity contribution in [1.82, 2.24) is 29.5 Å². The van der Waals surface area contributed by atoms with E-state index in [2.05, 4.69) is 25.4 Å². The van der Waals surface area contributed by atoms with Crippen LogP contribution in [-0.2, 0) is 4.79 Å². The highest BCUT2D eigenvalue weighted by Crippen LogP contribution is 2.32. The summed E-state index contributed by atoms with van der Waals surface area (Å²) < 4.78 is 7.79. The van der Waals surface area contributed by atoms with E-state index in [1.54, 1.807) is 10.8 Å². The molecule has 10 nitrogen and oxygen atoms in total. The number of carbonyl (C=O) groups excluding carboxylic acids is 1. The number of nitrogens with zero attached hydrogens (tertiary/aromatic N) is 7. The zero-order valence-electron chi connectivity index (χ0n) is 22.4. The van der Waals surface area contributed by atoms with Crippen LogP contribution in [0.2, 0.25) is 0 Å². The molecule has 0 spiro atoms. The summed E-state index contributed by atoms with van der Waals surface area (Å²) in [4.78, 5) is 30.1. The lowest BCUT2D eigenvalue weighted by Gasteiger charge is -2.17. The lowest BCUT2D eigenvalue weighted by molar-refractivity contribution is -0.114. The van der Waals surface area contributed by atoms with E-state index in [1.165, 1.54) is 6.33 Å². The zero-order chi connectivity index (χ0) is 26.9. The van der Waals surface area contributed by atoms with E-state index < -0.39 is 0 Å². The maximum atomic E-state index is 13.1. The first-order chi connectivity index (χ1) is 18.9. The summed E-state index contributed by atoms with van der Waals surface area (Å²) in [6.45, 7) is 3.40. The molecule has 1 saturated heterocycles. The molecule has 0 saturated carbocycles. The Kier molecular flexibility index (Phi) is 7.63. The van der Waals surface area contributed by atoms with Gasteiger partial charge in [-0.2, -0.15) is 5.10 Å². The summed E-state index contributed by atoms with van der Waals surface area (Å²) in [6.07, 6.45) is 7.62. The molecule has 4 heterocycles. The molecular formula is C29H29ClN8O2. The van der Waals surface area contributed by atoms with E-state index >= 15 is 0 Å². The molecule has 40 heavy (non-hydrogen) atoms. The Labute approximate surface area is 237 Å². The SMILES string of the molecule is Cc1cc(Nc2ncnc3ccc(N4CC/C(=C\CN(C)C)C4=O)cc23)ccc1Oc1ccn2ncnc2c1.Cl. The minimum Gasteiger partial charge on any atom is -0.457 e. The molecule has 2 aromatic carbocycles. The fourth-order valence-electron chi connectivity index (χ4n) is 4.62. The minimum atomic E-state index is 0. The molecule has 1 aliphatic rings. The van der Waals surface area contributed by atoms with Crippen molar-refractivity contribution < 1.29 is 9.53 Å². The first-order valence-electron chi connectivity index (χ1n) is 12.7. The first-order valence-corrected chi connectivity index (χ1v) is 12.7. The second-order valence-corrected chi connectivity index (χ2v) is 9.75. The van der Waals surface area contributed by atoms with Gasteiger partial charge in [-0.1, -0.05) is 6.08 Å². The predicted molar refractivity (Wildman–Crippen MR) is 158 cm³/mol. The lowest BCUT2D eigenvalue weighted by Crippen LogP contribution is -2.24. The Bertz CT molecular complexity index is 1730. The van der Waals surface area contributed by atoms with Gasteiger partial charge in [0, 0.05) is 47.7 Å². The smallest absolute Gasteiger partial charge is 0.253 e. The fourth-order valence-corrected chi connectivity index (χ4v) is 4.62. The molecule has 204 valence electrons. The van der Waals surface area contributed by atoms with Crippen LogP contribution in [0.4, 0.5) is 17.2 Å². The standard InChI is InChI=1S/C29H28N8O2.ClH/c1-19-14-21(4-7-26(19)39-23-10-13-37-27(16-23)31-18-33-37)34-28-24-15-22(5-6-25(24)30-17-32-28)36-12-9-20(29(36)38)8-11-35(2)3;/h4-8,10,13-18H,9,11-12H2,1-3H3,(H,30,32,34);1H/b20-8+;. The van der Waals surface area contributed by atoms with Crippen LogP contribution in [0, 0.1) is 6.92 Å². The van der Waals surface area contributed by atoms with Crippen LogP contribution in [0.5, 0.6) is 11.5 Å². The number of fused-ring (bicyclic) bond motifs is 2. The molecular weight excluding hydrogens is 528 g/mol. The molecule has 1 aliphatic heterocycles. The summed E-state index contributed by atoms with van der Waals surface area (Å²) in [5.41, 5.74) is 5.03. The van der Waals surface area contributed by atoms with Crippen LogP contribution in [0.15, 0.2) is 79.0 Å². The average Bonchev–Trinajstić information content (AvgIpc) is 3.55. The van der Waals surface area contributed by atoms with E-state index in [4.69, 9.17) is 4.74 Å². The number of benzene rings is 2. The number of anilines is 3. The average molecular weight is 557 g/mol. The quantitative estimate of drug-likeness (QED) is 0.274. The number of hydrogen-bond donors (Lipinski definition) is 1. The molecule has 0 unspecified atom stereocenters. The summed E-state index contributed by atoms with van der Waals surface area (Å²) in [5.74, 6) is 2.15. The van der Waals surface area contributed by atoms with Gasteiger partial charge in [0.1, 0.15) is 30.0 Å². The van der Waals surface area contributed by atoms with E-state index in [0.29, 0.717) is 18.1 Å². The molecule has 1 amide bonds. The molecule has 11 heteroatoms. The molecule has 3 aromatic heterocycles. The van der Waals surface area contributed by atoms with Crippen LogP contribution < -0.4 is 15.0 Å². The predicted octanol–water partition coefficient (Wildman–Crippen LogP) is 5.16. The number of aryl methyl sites for hydroxylation is 1. The van der Waals surface area contributed by atoms with Gasteiger partial charge in [-0.15, -0.1) is 12.4 Å². The molecule has 0 aliphatic carbocycles. The summed E-state index contributed by atoms with van der Waals surface area (Å²) in [7, 11) is 3.99. The van der Waals surface area contributed by atoms with E-state index in [9.17, 15) is 4.79 Å². The normalized spacial score (nSPS) is 14.3. The summed E-state index contributed by atoms with van der Waals surface area (Å²) in [6, 6.07) is 15.4. The maximum absolute atomic E-state index is 13.1. The molecule has 5 aromatic rings. The summed E-state index contributed by atoms with van der Waals surface area (Å²) in [5, 5.41) is 8.38. The van der Waals surface area contributed by atoms with E-state index in [1.807, 2.05) is 91.6 Å². The Balaban J connectivity index is 0.00000323. The van der Waals surface area contributed by atoms with Crippen molar-refractivity contribution in [3.63, 3.8) is 0 Å². The van der Waals surface area contributed by atoms with Crippen molar-refractivity contribution in [2.75, 3.05) is 37.4 Å². The largest absolute Gasteiger partial charge is 0.457 e.